The number of imide groups is 1. The van der Waals surface area contributed by atoms with Crippen molar-refractivity contribution in [2.75, 3.05) is 4.90 Å². The minimum absolute atomic E-state index is 0.0404. The van der Waals surface area contributed by atoms with Gasteiger partial charge in [0, 0.05) is 6.54 Å². The molecule has 4 rings (SSSR count). The number of benzene rings is 2. The first-order valence-electron chi connectivity index (χ1n) is 12.1. The van der Waals surface area contributed by atoms with E-state index in [-0.39, 0.29) is 23.2 Å². The summed E-state index contributed by atoms with van der Waals surface area (Å²) < 4.78 is 41.6. The Morgan fingerprint density at radius 3 is 2.05 bits per heavy atom. The molecule has 1 heterocycles. The number of carbonyl (C=O) groups is 3. The minimum atomic E-state index is -4.86. The van der Waals surface area contributed by atoms with Crippen molar-refractivity contribution in [1.29, 1.82) is 0 Å². The second kappa shape index (κ2) is 9.39. The number of hydrogen-bond donors (Lipinski definition) is 1. The van der Waals surface area contributed by atoms with Gasteiger partial charge < -0.3 is 14.7 Å². The third kappa shape index (κ3) is 5.28. The number of aromatic carboxylic acids is 1. The quantitative estimate of drug-likeness (QED) is 0.475. The number of anilines is 1. The van der Waals surface area contributed by atoms with Gasteiger partial charge in [-0.05, 0) is 79.0 Å². The maximum absolute atomic E-state index is 13.9. The number of carboxylic acids is 1. The smallest absolute Gasteiger partial charge is 0.478 e. The first kappa shape index (κ1) is 26.5. The zero-order valence-corrected chi connectivity index (χ0v) is 20.8. The highest BCUT2D eigenvalue weighted by Crippen LogP contribution is 2.48. The van der Waals surface area contributed by atoms with Gasteiger partial charge in [-0.2, -0.15) is 0 Å². The summed E-state index contributed by atoms with van der Waals surface area (Å²) >= 11 is 0. The molecule has 198 valence electrons. The highest BCUT2D eigenvalue weighted by molar-refractivity contribution is 6.23. The van der Waals surface area contributed by atoms with Gasteiger partial charge in [-0.1, -0.05) is 32.9 Å². The van der Waals surface area contributed by atoms with Crippen LogP contribution in [-0.2, 0) is 11.3 Å². The molecule has 37 heavy (non-hydrogen) atoms. The summed E-state index contributed by atoms with van der Waals surface area (Å²) in [5, 5.41) is 9.18. The van der Waals surface area contributed by atoms with Crippen molar-refractivity contribution in [3.05, 3.63) is 59.7 Å². The van der Waals surface area contributed by atoms with Crippen LogP contribution in [0.3, 0.4) is 0 Å². The number of hydrogen-bond acceptors (Lipinski definition) is 4. The van der Waals surface area contributed by atoms with Crippen LogP contribution in [0.25, 0.3) is 0 Å². The highest BCUT2D eigenvalue weighted by Gasteiger charge is 2.59. The Hall–Kier alpha value is -3.56. The van der Waals surface area contributed by atoms with Crippen molar-refractivity contribution >= 4 is 23.6 Å². The number of nitrogens with zero attached hydrogens (tertiary/aromatic N) is 2. The Bertz CT molecular complexity index is 1180. The molecule has 1 saturated carbocycles. The molecule has 1 N–H and O–H groups in total. The fourth-order valence-electron chi connectivity index (χ4n) is 5.34. The summed E-state index contributed by atoms with van der Waals surface area (Å²) in [7, 11) is 0. The maximum Gasteiger partial charge on any atom is 0.573 e. The van der Waals surface area contributed by atoms with Crippen LogP contribution < -0.4 is 9.64 Å². The topological polar surface area (TPSA) is 87.2 Å². The molecule has 0 unspecified atom stereocenters. The van der Waals surface area contributed by atoms with Crippen molar-refractivity contribution in [3.63, 3.8) is 0 Å². The molecule has 0 aromatic heterocycles. The van der Waals surface area contributed by atoms with Gasteiger partial charge in [0.25, 0.3) is 5.91 Å². The van der Waals surface area contributed by atoms with Gasteiger partial charge in [0.1, 0.15) is 11.3 Å². The van der Waals surface area contributed by atoms with Crippen LogP contribution >= 0.6 is 0 Å². The number of carboxylic acid groups (broad SMARTS) is 1. The average molecular weight is 519 g/mol. The lowest BCUT2D eigenvalue weighted by Gasteiger charge is -2.44. The van der Waals surface area contributed by atoms with Gasteiger partial charge in [-0.3, -0.25) is 4.79 Å². The summed E-state index contributed by atoms with van der Waals surface area (Å²) in [5.74, 6) is -1.56. The molecule has 0 bridgehead atoms. The van der Waals surface area contributed by atoms with E-state index in [9.17, 15) is 32.7 Å². The van der Waals surface area contributed by atoms with Gasteiger partial charge in [-0.15, -0.1) is 13.2 Å². The standard InChI is InChI=1S/C27H29F3N2O5/c1-25(2,3)19-12-14-26(15-13-19)23(35)32(20-8-10-21(11-9-20)37-27(28,29)30)24(36)31(26)16-17-4-6-18(7-5-17)22(33)34/h4-11,19H,12-16H2,1-3H3,(H,33,34). The van der Waals surface area contributed by atoms with E-state index >= 15 is 0 Å². The molecule has 0 atom stereocenters. The predicted octanol–water partition coefficient (Wildman–Crippen LogP) is 6.23. The molecule has 0 radical (unpaired) electrons. The number of carbonyl (C=O) groups excluding carboxylic acids is 2. The molecular formula is C27H29F3N2O5. The average Bonchev–Trinajstić information content (AvgIpc) is 3.00. The largest absolute Gasteiger partial charge is 0.573 e. The van der Waals surface area contributed by atoms with E-state index in [2.05, 4.69) is 25.5 Å². The number of halogens is 3. The summed E-state index contributed by atoms with van der Waals surface area (Å²) in [5.41, 5.74) is -0.120. The summed E-state index contributed by atoms with van der Waals surface area (Å²) in [6, 6.07) is 10.2. The first-order valence-corrected chi connectivity index (χ1v) is 12.1. The SMILES string of the molecule is CC(C)(C)C1CCC2(CC1)C(=O)N(c1ccc(OC(F)(F)F)cc1)C(=O)N2Cc1ccc(C(=O)O)cc1. The number of ether oxygens (including phenoxy) is 1. The predicted molar refractivity (Wildman–Crippen MR) is 129 cm³/mol. The van der Waals surface area contributed by atoms with Crippen molar-refractivity contribution in [3.8, 4) is 5.75 Å². The Balaban J connectivity index is 1.66. The van der Waals surface area contributed by atoms with Gasteiger partial charge in [0.15, 0.2) is 0 Å². The lowest BCUT2D eigenvalue weighted by molar-refractivity contribution is -0.274. The third-order valence-corrected chi connectivity index (χ3v) is 7.45. The molecule has 7 nitrogen and oxygen atoms in total. The molecule has 2 aromatic carbocycles. The summed E-state index contributed by atoms with van der Waals surface area (Å²) in [6.07, 6.45) is -2.47. The van der Waals surface area contributed by atoms with Crippen molar-refractivity contribution in [1.82, 2.24) is 4.90 Å². The van der Waals surface area contributed by atoms with Gasteiger partial charge in [0.05, 0.1) is 11.3 Å². The van der Waals surface area contributed by atoms with Crippen molar-refractivity contribution in [2.45, 2.75) is 64.9 Å². The second-order valence-corrected chi connectivity index (χ2v) is 10.7. The second-order valence-electron chi connectivity index (χ2n) is 10.7. The van der Waals surface area contributed by atoms with E-state index in [1.807, 2.05) is 0 Å². The van der Waals surface area contributed by atoms with E-state index in [0.717, 1.165) is 29.9 Å². The van der Waals surface area contributed by atoms with Crippen LogP contribution in [0.2, 0.25) is 0 Å². The Morgan fingerprint density at radius 2 is 1.57 bits per heavy atom. The zero-order chi connectivity index (χ0) is 27.2. The lowest BCUT2D eigenvalue weighted by Crippen LogP contribution is -2.52. The summed E-state index contributed by atoms with van der Waals surface area (Å²) in [6.45, 7) is 6.54. The molecule has 2 fully saturated rings. The van der Waals surface area contributed by atoms with Crippen molar-refractivity contribution < 1.29 is 37.4 Å². The number of alkyl halides is 3. The summed E-state index contributed by atoms with van der Waals surface area (Å²) in [4.78, 5) is 41.3. The van der Waals surface area contributed by atoms with Gasteiger partial charge in [0.2, 0.25) is 0 Å². The van der Waals surface area contributed by atoms with E-state index in [4.69, 9.17) is 0 Å². The fourth-order valence-corrected chi connectivity index (χ4v) is 5.34. The van der Waals surface area contributed by atoms with Gasteiger partial charge in [-0.25, -0.2) is 14.5 Å². The monoisotopic (exact) mass is 518 g/mol. The number of rotatable bonds is 5. The fraction of sp³-hybridized carbons (Fsp3) is 0.444. The van der Waals surface area contributed by atoms with E-state index in [1.165, 1.54) is 29.2 Å². The first-order chi connectivity index (χ1) is 17.2. The van der Waals surface area contributed by atoms with Crippen LogP contribution in [0.15, 0.2) is 48.5 Å². The maximum atomic E-state index is 13.9. The van der Waals surface area contributed by atoms with Crippen LogP contribution in [0.5, 0.6) is 5.75 Å². The third-order valence-electron chi connectivity index (χ3n) is 7.45. The molecule has 1 aliphatic carbocycles. The molecule has 2 aliphatic rings. The Labute approximate surface area is 212 Å². The Morgan fingerprint density at radius 1 is 1.00 bits per heavy atom. The normalized spacial score (nSPS) is 22.6. The Kier molecular flexibility index (Phi) is 6.73. The van der Waals surface area contributed by atoms with Crippen molar-refractivity contribution in [2.24, 2.45) is 11.3 Å². The van der Waals surface area contributed by atoms with Gasteiger partial charge >= 0.3 is 18.4 Å². The minimum Gasteiger partial charge on any atom is -0.478 e. The molecule has 10 heteroatoms. The molecule has 2 aromatic rings. The molecule has 1 aliphatic heterocycles. The van der Waals surface area contributed by atoms with Crippen LogP contribution in [0, 0.1) is 11.3 Å². The van der Waals surface area contributed by atoms with E-state index in [0.29, 0.717) is 24.3 Å². The zero-order valence-electron chi connectivity index (χ0n) is 20.8. The number of amides is 3. The molecular weight excluding hydrogens is 489 g/mol. The molecule has 1 saturated heterocycles. The van der Waals surface area contributed by atoms with E-state index < -0.39 is 35.6 Å². The lowest BCUT2D eigenvalue weighted by atomic mass is 9.67. The van der Waals surface area contributed by atoms with Crippen LogP contribution in [-0.4, -0.2) is 39.8 Å². The number of urea groups is 1. The highest BCUT2D eigenvalue weighted by atomic mass is 19.4. The molecule has 3 amide bonds. The van der Waals surface area contributed by atoms with Crippen LogP contribution in [0.1, 0.15) is 62.4 Å². The van der Waals surface area contributed by atoms with Crippen LogP contribution in [0.4, 0.5) is 23.7 Å². The van der Waals surface area contributed by atoms with E-state index in [1.54, 1.807) is 12.1 Å². The molecule has 1 spiro atoms.